The van der Waals surface area contributed by atoms with Gasteiger partial charge in [-0.15, -0.1) is 0 Å². The molecular weight excluding hydrogens is 392 g/mol. The zero-order valence-corrected chi connectivity index (χ0v) is 18.2. The van der Waals surface area contributed by atoms with E-state index in [1.165, 1.54) is 6.42 Å². The summed E-state index contributed by atoms with van der Waals surface area (Å²) in [6.45, 7) is 1.54. The summed E-state index contributed by atoms with van der Waals surface area (Å²) < 4.78 is 5.45. The van der Waals surface area contributed by atoms with Gasteiger partial charge in [0.15, 0.2) is 0 Å². The first kappa shape index (κ1) is 19.9. The Morgan fingerprint density at radius 2 is 1.84 bits per heavy atom. The molecule has 4 bridgehead atoms. The van der Waals surface area contributed by atoms with Crippen LogP contribution in [0.1, 0.15) is 86.2 Å². The van der Waals surface area contributed by atoms with E-state index in [0.717, 1.165) is 76.7 Å². The zero-order chi connectivity index (χ0) is 21.0. The summed E-state index contributed by atoms with van der Waals surface area (Å²) in [7, 11) is 0. The number of aromatic nitrogens is 2. The summed E-state index contributed by atoms with van der Waals surface area (Å²) >= 11 is 0. The maximum Gasteiger partial charge on any atom is 0.254 e. The number of rotatable bonds is 5. The number of nitrogens with zero attached hydrogens (tertiary/aromatic N) is 2. The van der Waals surface area contributed by atoms with Crippen LogP contribution in [0.15, 0.2) is 6.20 Å². The summed E-state index contributed by atoms with van der Waals surface area (Å²) in [5.74, 6) is 2.43. The summed E-state index contributed by atoms with van der Waals surface area (Å²) in [6, 6.07) is 0.514. The minimum Gasteiger partial charge on any atom is -0.390 e. The minimum atomic E-state index is -0.477. The number of hydrogen-bond donors (Lipinski definition) is 3. The average molecular weight is 427 g/mol. The van der Waals surface area contributed by atoms with Gasteiger partial charge in [-0.25, -0.2) is 9.97 Å². The molecule has 0 spiro atoms. The zero-order valence-electron chi connectivity index (χ0n) is 18.2. The van der Waals surface area contributed by atoms with E-state index < -0.39 is 5.60 Å². The van der Waals surface area contributed by atoms with Gasteiger partial charge < -0.3 is 20.5 Å². The highest BCUT2D eigenvalue weighted by Crippen LogP contribution is 2.55. The molecule has 7 rings (SSSR count). The van der Waals surface area contributed by atoms with E-state index in [4.69, 9.17) is 9.72 Å². The van der Waals surface area contributed by atoms with Gasteiger partial charge in [0.05, 0.1) is 16.9 Å². The van der Waals surface area contributed by atoms with Crippen molar-refractivity contribution in [1.29, 1.82) is 0 Å². The van der Waals surface area contributed by atoms with Crippen LogP contribution in [0.4, 0.5) is 5.95 Å². The quantitative estimate of drug-likeness (QED) is 0.670. The molecule has 2 heterocycles. The Kier molecular flexibility index (Phi) is 4.94. The van der Waals surface area contributed by atoms with Crippen LogP contribution in [-0.4, -0.2) is 51.9 Å². The normalized spacial score (nSPS) is 37.5. The van der Waals surface area contributed by atoms with E-state index in [1.54, 1.807) is 6.20 Å². The Labute approximate surface area is 183 Å². The summed E-state index contributed by atoms with van der Waals surface area (Å²) in [4.78, 5) is 22.8. The highest BCUT2D eigenvalue weighted by Gasteiger charge is 2.55. The number of nitrogens with one attached hydrogen (secondary N) is 2. The number of hydrogen-bond acceptors (Lipinski definition) is 6. The number of carbonyl (C=O) groups excluding carboxylic acids is 1. The Morgan fingerprint density at radius 3 is 2.48 bits per heavy atom. The molecule has 1 aromatic heterocycles. The molecule has 7 heteroatoms. The molecule has 5 saturated carbocycles. The van der Waals surface area contributed by atoms with Crippen molar-refractivity contribution in [3.63, 3.8) is 0 Å². The van der Waals surface area contributed by atoms with E-state index in [0.29, 0.717) is 41.2 Å². The fraction of sp³-hybridized carbons (Fsp3) is 0.792. The molecule has 0 aromatic carbocycles. The highest BCUT2D eigenvalue weighted by atomic mass is 16.5. The SMILES string of the molecule is O=C(NC1[C@@H]2CC3C[C@H]1CC(O)(C3)C2)c1cnc(NC2CCOCC2)nc1C1CCC1. The van der Waals surface area contributed by atoms with Gasteiger partial charge in [0.25, 0.3) is 5.91 Å². The van der Waals surface area contributed by atoms with Crippen molar-refractivity contribution in [2.75, 3.05) is 18.5 Å². The second-order valence-electron chi connectivity index (χ2n) is 10.8. The van der Waals surface area contributed by atoms with Gasteiger partial charge in [-0.05, 0) is 75.5 Å². The lowest BCUT2D eigenvalue weighted by molar-refractivity contribution is -0.136. The number of amides is 1. The van der Waals surface area contributed by atoms with Crippen LogP contribution in [-0.2, 0) is 4.74 Å². The monoisotopic (exact) mass is 426 g/mol. The molecular formula is C24H34N4O3. The lowest BCUT2D eigenvalue weighted by Gasteiger charge is -2.58. The summed E-state index contributed by atoms with van der Waals surface area (Å²) in [5.41, 5.74) is 1.08. The standard InChI is InChI=1S/C24H34N4O3/c29-22(27-20-16-8-14-9-17(20)12-24(30,10-14)11-16)19-13-25-23(26-18-4-6-31-7-5-18)28-21(19)15-2-1-3-15/h13-18,20,30H,1-12H2,(H,27,29)(H,25,26,28)/t14?,16-,17+,20?,24?. The summed E-state index contributed by atoms with van der Waals surface area (Å²) in [5, 5.41) is 17.7. The topological polar surface area (TPSA) is 96.4 Å². The molecule has 1 aromatic rings. The van der Waals surface area contributed by atoms with Crippen molar-refractivity contribution >= 4 is 11.9 Å². The van der Waals surface area contributed by atoms with Crippen LogP contribution >= 0.6 is 0 Å². The highest BCUT2D eigenvalue weighted by molar-refractivity contribution is 5.95. The Hall–Kier alpha value is -1.73. The number of aliphatic hydroxyl groups is 1. The molecule has 6 aliphatic rings. The lowest BCUT2D eigenvalue weighted by Crippen LogP contribution is -2.61. The van der Waals surface area contributed by atoms with Gasteiger partial charge in [0.2, 0.25) is 5.95 Å². The van der Waals surface area contributed by atoms with Crippen LogP contribution in [0.5, 0.6) is 0 Å². The first-order valence-corrected chi connectivity index (χ1v) is 12.3. The van der Waals surface area contributed by atoms with Crippen molar-refractivity contribution in [1.82, 2.24) is 15.3 Å². The molecule has 3 unspecified atom stereocenters. The van der Waals surface area contributed by atoms with Crippen molar-refractivity contribution in [2.45, 2.75) is 87.8 Å². The molecule has 0 radical (unpaired) electrons. The number of carbonyl (C=O) groups is 1. The molecule has 1 saturated heterocycles. The van der Waals surface area contributed by atoms with Crippen LogP contribution in [0.25, 0.3) is 0 Å². The predicted molar refractivity (Wildman–Crippen MR) is 116 cm³/mol. The molecule has 6 fully saturated rings. The predicted octanol–water partition coefficient (Wildman–Crippen LogP) is 3.00. The molecule has 3 N–H and O–H groups in total. The van der Waals surface area contributed by atoms with Crippen molar-refractivity contribution in [2.24, 2.45) is 17.8 Å². The summed E-state index contributed by atoms with van der Waals surface area (Å²) in [6.07, 6.45) is 12.0. The molecule has 168 valence electrons. The second-order valence-corrected chi connectivity index (χ2v) is 10.8. The number of anilines is 1. The van der Waals surface area contributed by atoms with Gasteiger partial charge in [0, 0.05) is 37.4 Å². The van der Waals surface area contributed by atoms with Gasteiger partial charge in [-0.2, -0.15) is 0 Å². The molecule has 1 aliphatic heterocycles. The van der Waals surface area contributed by atoms with Crippen LogP contribution in [0, 0.1) is 17.8 Å². The Morgan fingerprint density at radius 1 is 1.10 bits per heavy atom. The van der Waals surface area contributed by atoms with E-state index >= 15 is 0 Å². The average Bonchev–Trinajstić information content (AvgIpc) is 2.69. The fourth-order valence-corrected chi connectivity index (χ4v) is 7.10. The van der Waals surface area contributed by atoms with Gasteiger partial charge in [0.1, 0.15) is 0 Å². The molecule has 1 amide bonds. The number of ether oxygens (including phenoxy) is 1. The Bertz CT molecular complexity index is 835. The third kappa shape index (κ3) is 3.74. The molecule has 31 heavy (non-hydrogen) atoms. The van der Waals surface area contributed by atoms with Crippen molar-refractivity contribution in [3.05, 3.63) is 17.5 Å². The van der Waals surface area contributed by atoms with E-state index in [-0.39, 0.29) is 11.9 Å². The molecule has 7 nitrogen and oxygen atoms in total. The Balaban J connectivity index is 1.20. The third-order valence-electron chi connectivity index (χ3n) is 8.65. The third-order valence-corrected chi connectivity index (χ3v) is 8.65. The van der Waals surface area contributed by atoms with Gasteiger partial charge >= 0.3 is 0 Å². The first-order chi connectivity index (χ1) is 15.1. The fourth-order valence-electron chi connectivity index (χ4n) is 7.10. The van der Waals surface area contributed by atoms with Crippen LogP contribution in [0.2, 0.25) is 0 Å². The van der Waals surface area contributed by atoms with Gasteiger partial charge in [-0.1, -0.05) is 6.42 Å². The van der Waals surface area contributed by atoms with Crippen molar-refractivity contribution in [3.8, 4) is 0 Å². The van der Waals surface area contributed by atoms with E-state index in [1.807, 2.05) is 0 Å². The maximum absolute atomic E-state index is 13.4. The minimum absolute atomic E-state index is 0.0241. The molecule has 5 atom stereocenters. The smallest absolute Gasteiger partial charge is 0.254 e. The van der Waals surface area contributed by atoms with Crippen LogP contribution < -0.4 is 10.6 Å². The second kappa shape index (κ2) is 7.69. The van der Waals surface area contributed by atoms with E-state index in [2.05, 4.69) is 15.6 Å². The van der Waals surface area contributed by atoms with E-state index in [9.17, 15) is 9.90 Å². The first-order valence-electron chi connectivity index (χ1n) is 12.3. The molecule has 5 aliphatic carbocycles. The van der Waals surface area contributed by atoms with Crippen LogP contribution in [0.3, 0.4) is 0 Å². The largest absolute Gasteiger partial charge is 0.390 e. The lowest BCUT2D eigenvalue weighted by atomic mass is 9.52. The van der Waals surface area contributed by atoms with Gasteiger partial charge in [-0.3, -0.25) is 4.79 Å². The maximum atomic E-state index is 13.4. The van der Waals surface area contributed by atoms with Crippen molar-refractivity contribution < 1.29 is 14.6 Å².